The number of benzene rings is 2. The Bertz CT molecular complexity index is 708. The molecule has 4 nitrogen and oxygen atoms in total. The van der Waals surface area contributed by atoms with Gasteiger partial charge in [-0.3, -0.25) is 4.79 Å². The van der Waals surface area contributed by atoms with E-state index in [0.29, 0.717) is 18.6 Å². The second-order valence-corrected chi connectivity index (χ2v) is 6.43. The smallest absolute Gasteiger partial charge is 0.220 e. The number of aryl methyl sites for hydroxylation is 1. The van der Waals surface area contributed by atoms with E-state index in [2.05, 4.69) is 36.5 Å². The Morgan fingerprint density at radius 1 is 1.17 bits per heavy atom. The minimum Gasteiger partial charge on any atom is -0.491 e. The first-order valence-corrected chi connectivity index (χ1v) is 8.45. The molecule has 4 heteroatoms. The fourth-order valence-electron chi connectivity index (χ4n) is 3.23. The van der Waals surface area contributed by atoms with E-state index >= 15 is 0 Å². The van der Waals surface area contributed by atoms with Gasteiger partial charge in [-0.2, -0.15) is 0 Å². The standard InChI is InChI=1S/C20H24N2O2/c1-14-6-2-3-7-17(14)15-12-16(13-15)22-18-8-4-5-9-19(18)24-11-10-20(21)23/h2-9,15-16,22H,10-13H2,1H3,(H2,21,23). The van der Waals surface area contributed by atoms with Gasteiger partial charge < -0.3 is 15.8 Å². The van der Waals surface area contributed by atoms with Crippen molar-refractivity contribution in [2.24, 2.45) is 5.73 Å². The summed E-state index contributed by atoms with van der Waals surface area (Å²) in [5.41, 5.74) is 8.97. The van der Waals surface area contributed by atoms with Crippen LogP contribution in [0.3, 0.4) is 0 Å². The molecule has 126 valence electrons. The minimum atomic E-state index is -0.347. The lowest BCUT2D eigenvalue weighted by Crippen LogP contribution is -2.34. The number of nitrogens with two attached hydrogens (primary N) is 1. The highest BCUT2D eigenvalue weighted by molar-refractivity contribution is 5.73. The van der Waals surface area contributed by atoms with Crippen LogP contribution in [-0.2, 0) is 4.79 Å². The van der Waals surface area contributed by atoms with Crippen molar-refractivity contribution < 1.29 is 9.53 Å². The van der Waals surface area contributed by atoms with E-state index in [0.717, 1.165) is 24.3 Å². The number of para-hydroxylation sites is 2. The van der Waals surface area contributed by atoms with E-state index in [1.807, 2.05) is 24.3 Å². The Balaban J connectivity index is 1.56. The van der Waals surface area contributed by atoms with Gasteiger partial charge in [0.05, 0.1) is 18.7 Å². The average molecular weight is 324 g/mol. The quantitative estimate of drug-likeness (QED) is 0.818. The zero-order chi connectivity index (χ0) is 16.9. The topological polar surface area (TPSA) is 64.3 Å². The maximum Gasteiger partial charge on any atom is 0.220 e. The van der Waals surface area contributed by atoms with Crippen molar-refractivity contribution in [2.75, 3.05) is 11.9 Å². The Hall–Kier alpha value is -2.49. The number of hydrogen-bond donors (Lipinski definition) is 2. The fraction of sp³-hybridized carbons (Fsp3) is 0.350. The Labute approximate surface area is 143 Å². The second kappa shape index (κ2) is 7.39. The summed E-state index contributed by atoms with van der Waals surface area (Å²) in [6.45, 7) is 2.49. The average Bonchev–Trinajstić information content (AvgIpc) is 2.52. The van der Waals surface area contributed by atoms with E-state index in [-0.39, 0.29) is 12.3 Å². The van der Waals surface area contributed by atoms with Crippen molar-refractivity contribution in [1.29, 1.82) is 0 Å². The van der Waals surface area contributed by atoms with Gasteiger partial charge >= 0.3 is 0 Å². The van der Waals surface area contributed by atoms with Crippen molar-refractivity contribution in [3.63, 3.8) is 0 Å². The van der Waals surface area contributed by atoms with Gasteiger partial charge in [0.25, 0.3) is 0 Å². The molecule has 0 aliphatic heterocycles. The van der Waals surface area contributed by atoms with E-state index in [4.69, 9.17) is 10.5 Å². The molecule has 2 aromatic carbocycles. The summed E-state index contributed by atoms with van der Waals surface area (Å²) in [7, 11) is 0. The summed E-state index contributed by atoms with van der Waals surface area (Å²) in [6, 6.07) is 16.9. The van der Waals surface area contributed by atoms with Gasteiger partial charge in [-0.05, 0) is 48.9 Å². The third-order valence-electron chi connectivity index (χ3n) is 4.62. The number of carbonyl (C=O) groups excluding carboxylic acids is 1. The molecular formula is C20H24N2O2. The zero-order valence-electron chi connectivity index (χ0n) is 14.0. The van der Waals surface area contributed by atoms with Crippen LogP contribution < -0.4 is 15.8 Å². The first kappa shape index (κ1) is 16.4. The molecule has 0 radical (unpaired) electrons. The largest absolute Gasteiger partial charge is 0.491 e. The van der Waals surface area contributed by atoms with Gasteiger partial charge in [-0.15, -0.1) is 0 Å². The lowest BCUT2D eigenvalue weighted by atomic mass is 9.74. The number of anilines is 1. The van der Waals surface area contributed by atoms with Crippen LogP contribution in [0.5, 0.6) is 5.75 Å². The van der Waals surface area contributed by atoms with Crippen LogP contribution in [0, 0.1) is 6.92 Å². The number of carbonyl (C=O) groups is 1. The predicted octanol–water partition coefficient (Wildman–Crippen LogP) is 3.61. The lowest BCUT2D eigenvalue weighted by molar-refractivity contribution is -0.118. The molecular weight excluding hydrogens is 300 g/mol. The summed E-state index contributed by atoms with van der Waals surface area (Å²) >= 11 is 0. The van der Waals surface area contributed by atoms with E-state index in [1.165, 1.54) is 11.1 Å². The molecule has 1 amide bonds. The number of ether oxygens (including phenoxy) is 1. The van der Waals surface area contributed by atoms with Crippen molar-refractivity contribution in [1.82, 2.24) is 0 Å². The van der Waals surface area contributed by atoms with Crippen LogP contribution in [0.25, 0.3) is 0 Å². The van der Waals surface area contributed by atoms with Crippen LogP contribution in [0.15, 0.2) is 48.5 Å². The maximum absolute atomic E-state index is 10.8. The highest BCUT2D eigenvalue weighted by atomic mass is 16.5. The van der Waals surface area contributed by atoms with Gasteiger partial charge in [0.2, 0.25) is 5.91 Å². The molecule has 1 saturated carbocycles. The van der Waals surface area contributed by atoms with Crippen molar-refractivity contribution in [3.05, 3.63) is 59.7 Å². The Morgan fingerprint density at radius 3 is 2.62 bits per heavy atom. The Morgan fingerprint density at radius 2 is 1.88 bits per heavy atom. The predicted molar refractivity (Wildman–Crippen MR) is 96.3 cm³/mol. The van der Waals surface area contributed by atoms with Gasteiger partial charge in [0.1, 0.15) is 5.75 Å². The van der Waals surface area contributed by atoms with Crippen molar-refractivity contribution in [3.8, 4) is 5.75 Å². The zero-order valence-corrected chi connectivity index (χ0v) is 14.0. The molecule has 3 N–H and O–H groups in total. The minimum absolute atomic E-state index is 0.229. The van der Waals surface area contributed by atoms with Gasteiger partial charge in [-0.25, -0.2) is 0 Å². The molecule has 0 saturated heterocycles. The molecule has 0 heterocycles. The molecule has 3 rings (SSSR count). The van der Waals surface area contributed by atoms with Crippen LogP contribution in [0.1, 0.15) is 36.3 Å². The fourth-order valence-corrected chi connectivity index (χ4v) is 3.23. The van der Waals surface area contributed by atoms with Crippen LogP contribution in [-0.4, -0.2) is 18.6 Å². The van der Waals surface area contributed by atoms with E-state index in [1.54, 1.807) is 0 Å². The first-order chi connectivity index (χ1) is 11.6. The van der Waals surface area contributed by atoms with Crippen LogP contribution in [0.2, 0.25) is 0 Å². The van der Waals surface area contributed by atoms with Gasteiger partial charge in [0, 0.05) is 6.04 Å². The Kier molecular flexibility index (Phi) is 5.04. The summed E-state index contributed by atoms with van der Waals surface area (Å²) < 4.78 is 5.68. The normalized spacial score (nSPS) is 19.4. The molecule has 1 aliphatic carbocycles. The van der Waals surface area contributed by atoms with E-state index < -0.39 is 0 Å². The monoisotopic (exact) mass is 324 g/mol. The van der Waals surface area contributed by atoms with E-state index in [9.17, 15) is 4.79 Å². The highest BCUT2D eigenvalue weighted by Gasteiger charge is 2.31. The number of primary amides is 1. The maximum atomic E-state index is 10.8. The molecule has 0 aromatic heterocycles. The molecule has 0 spiro atoms. The molecule has 24 heavy (non-hydrogen) atoms. The molecule has 0 unspecified atom stereocenters. The molecule has 1 fully saturated rings. The van der Waals surface area contributed by atoms with Crippen LogP contribution >= 0.6 is 0 Å². The second-order valence-electron chi connectivity index (χ2n) is 6.43. The summed E-state index contributed by atoms with van der Waals surface area (Å²) in [5, 5.41) is 3.56. The lowest BCUT2D eigenvalue weighted by Gasteiger charge is -2.38. The number of hydrogen-bond acceptors (Lipinski definition) is 3. The summed E-state index contributed by atoms with van der Waals surface area (Å²) in [6.07, 6.45) is 2.48. The highest BCUT2D eigenvalue weighted by Crippen LogP contribution is 2.40. The van der Waals surface area contributed by atoms with Crippen molar-refractivity contribution in [2.45, 2.75) is 38.1 Å². The number of amides is 1. The number of nitrogens with one attached hydrogen (secondary N) is 1. The van der Waals surface area contributed by atoms with Gasteiger partial charge in [-0.1, -0.05) is 36.4 Å². The number of rotatable bonds is 7. The molecule has 2 aromatic rings. The van der Waals surface area contributed by atoms with Crippen LogP contribution in [0.4, 0.5) is 5.69 Å². The third-order valence-corrected chi connectivity index (χ3v) is 4.62. The van der Waals surface area contributed by atoms with Crippen molar-refractivity contribution >= 4 is 11.6 Å². The third kappa shape index (κ3) is 3.88. The molecule has 0 atom stereocenters. The SMILES string of the molecule is Cc1ccccc1C1CC(Nc2ccccc2OCCC(N)=O)C1. The molecule has 1 aliphatic rings. The van der Waals surface area contributed by atoms with Gasteiger partial charge in [0.15, 0.2) is 0 Å². The molecule has 0 bridgehead atoms. The summed E-state index contributed by atoms with van der Waals surface area (Å²) in [4.78, 5) is 10.8. The summed E-state index contributed by atoms with van der Waals surface area (Å²) in [5.74, 6) is 1.06. The first-order valence-electron chi connectivity index (χ1n) is 8.45.